The van der Waals surface area contributed by atoms with Crippen LogP contribution in [0.25, 0.3) is 44.5 Å². The lowest BCUT2D eigenvalue weighted by Crippen LogP contribution is -2.39. The molecule has 2 atom stereocenters. The number of nitrogens with zero attached hydrogens (tertiary/aromatic N) is 2. The highest BCUT2D eigenvalue weighted by molar-refractivity contribution is 6.90. The van der Waals surface area contributed by atoms with Crippen LogP contribution in [0.3, 0.4) is 0 Å². The van der Waals surface area contributed by atoms with E-state index < -0.39 is 67.7 Å². The van der Waals surface area contributed by atoms with Gasteiger partial charge in [-0.15, -0.1) is 0 Å². The second-order valence-electron chi connectivity index (χ2n) is 28.4. The van der Waals surface area contributed by atoms with E-state index in [-0.39, 0.29) is 11.4 Å². The van der Waals surface area contributed by atoms with Gasteiger partial charge in [0.1, 0.15) is 0 Å². The fourth-order valence-electron chi connectivity index (χ4n) is 13.1. The molecule has 0 saturated carbocycles. The molecule has 8 aromatic rings. The molecule has 0 amide bonds. The Morgan fingerprint density at radius 2 is 0.800 bits per heavy atom. The van der Waals surface area contributed by atoms with Crippen molar-refractivity contribution in [2.45, 2.75) is 97.0 Å². The number of halogens is 6. The number of anilines is 4. The normalized spacial score (nSPS) is 16.7. The van der Waals surface area contributed by atoms with E-state index in [9.17, 15) is 0 Å². The van der Waals surface area contributed by atoms with Crippen LogP contribution in [0.1, 0.15) is 11.1 Å². The fourth-order valence-corrected chi connectivity index (χ4v) is 17.9. The predicted octanol–water partition coefficient (Wildman–Crippen LogP) is 20.7. The quantitative estimate of drug-likeness (QED) is 0.0791. The minimum atomic E-state index is -4.74. The van der Waals surface area contributed by atoms with Gasteiger partial charge in [0.05, 0.1) is 72.2 Å². The number of rotatable bonds is 14. The van der Waals surface area contributed by atoms with Crippen LogP contribution < -0.4 is 30.5 Å². The van der Waals surface area contributed by atoms with Crippen molar-refractivity contribution in [3.63, 3.8) is 0 Å². The van der Waals surface area contributed by atoms with Gasteiger partial charge >= 0.3 is 12.4 Å². The molecule has 0 saturated heterocycles. The summed E-state index contributed by atoms with van der Waals surface area (Å²) in [5.41, 5.74) is 11.7. The van der Waals surface area contributed by atoms with Crippen molar-refractivity contribution in [3.8, 4) is 44.5 Å². The Morgan fingerprint density at radius 1 is 0.367 bits per heavy atom. The number of para-hydroxylation sites is 2. The summed E-state index contributed by atoms with van der Waals surface area (Å²) in [6.45, 7) is 27.7. The van der Waals surface area contributed by atoms with Gasteiger partial charge in [0.15, 0.2) is 0 Å². The first-order valence-corrected chi connectivity index (χ1v) is 45.0. The van der Waals surface area contributed by atoms with Crippen LogP contribution >= 0.6 is 0 Å². The highest BCUT2D eigenvalue weighted by Crippen LogP contribution is 2.55. The molecule has 0 heterocycles. The number of benzene rings is 8. The van der Waals surface area contributed by atoms with Gasteiger partial charge in [0.25, 0.3) is 0 Å². The van der Waals surface area contributed by atoms with Gasteiger partial charge in [-0.1, -0.05) is 275 Å². The molecule has 8 aromatic carbocycles. The molecule has 0 N–H and O–H groups in total. The van der Waals surface area contributed by atoms with Crippen molar-refractivity contribution in [2.75, 3.05) is 9.80 Å². The largest absolute Gasteiger partial charge is 0.418 e. The van der Waals surface area contributed by atoms with E-state index >= 15 is 26.3 Å². The number of allylic oxidation sites excluding steroid dienone is 10. The summed E-state index contributed by atoms with van der Waals surface area (Å²) in [5, 5.41) is 5.03. The Bertz CT molecular complexity index is 4410. The molecule has 0 fully saturated rings. The topological polar surface area (TPSA) is 6.48 Å². The smallest absolute Gasteiger partial charge is 0.329 e. The van der Waals surface area contributed by atoms with E-state index in [4.69, 9.17) is 0 Å². The summed E-state index contributed by atoms with van der Waals surface area (Å²) in [6.07, 6.45) is 6.66. The van der Waals surface area contributed by atoms with Crippen LogP contribution in [0.15, 0.2) is 264 Å². The summed E-state index contributed by atoms with van der Waals surface area (Å²) in [5.74, 6) is -0.506. The Morgan fingerprint density at radius 3 is 1.30 bits per heavy atom. The number of hydrogen-bond donors (Lipinski definition) is 0. The van der Waals surface area contributed by atoms with E-state index in [1.165, 1.54) is 32.9 Å². The first-order valence-electron chi connectivity index (χ1n) is 31.0. The molecular formula is C78H76F6N2Si4. The zero-order valence-electron chi connectivity index (χ0n) is 53.3. The zero-order valence-corrected chi connectivity index (χ0v) is 57.3. The molecule has 4 aliphatic carbocycles. The fraction of sp³-hybridized carbons (Fsp3) is 0.205. The molecule has 0 aromatic heterocycles. The maximum absolute atomic E-state index is 15.9. The SMILES string of the molecule is C[Si](C)(C)c1cccc(-c2ccc(N(C3=C4C=CC5=C6C(=CC=C(C=C3)C46)C(N(c3ccc(-c4cccc([Si](C)(C)C)c4)cc3-c3cccc([Si](C)(C)C)c3)c3ccccc3C(F)(F)F)C=C5)c3ccccc3C(F)(F)F)c(-c3cccc([Si](C)(C)C)c3)c2)c1. The first kappa shape index (κ1) is 62.2. The Labute approximate surface area is 531 Å². The molecule has 456 valence electrons. The Kier molecular flexibility index (Phi) is 15.9. The molecule has 2 nitrogen and oxygen atoms in total. The van der Waals surface area contributed by atoms with Crippen LogP contribution in [0.5, 0.6) is 0 Å². The highest BCUT2D eigenvalue weighted by Gasteiger charge is 2.44. The average Bonchev–Trinajstić information content (AvgIpc) is 0.738. The summed E-state index contributed by atoms with van der Waals surface area (Å²) in [4.78, 5) is 3.68. The second-order valence-corrected chi connectivity index (χ2v) is 48.7. The molecular weight excluding hydrogens is 1190 g/mol. The third-order valence-electron chi connectivity index (χ3n) is 18.1. The second kappa shape index (κ2) is 23.0. The monoisotopic (exact) mass is 1270 g/mol. The lowest BCUT2D eigenvalue weighted by molar-refractivity contribution is -0.137. The lowest BCUT2D eigenvalue weighted by Gasteiger charge is -2.44. The Balaban J connectivity index is 1.07. The van der Waals surface area contributed by atoms with Gasteiger partial charge in [-0.3, -0.25) is 0 Å². The molecule has 12 rings (SSSR count). The van der Waals surface area contributed by atoms with Gasteiger partial charge in [0, 0.05) is 22.7 Å². The van der Waals surface area contributed by atoms with Crippen molar-refractivity contribution in [2.24, 2.45) is 5.92 Å². The van der Waals surface area contributed by atoms with Gasteiger partial charge in [-0.05, 0) is 116 Å². The van der Waals surface area contributed by atoms with Crippen LogP contribution in [0.2, 0.25) is 78.6 Å². The molecule has 2 unspecified atom stereocenters. The van der Waals surface area contributed by atoms with Gasteiger partial charge in [-0.25, -0.2) is 0 Å². The van der Waals surface area contributed by atoms with Gasteiger partial charge < -0.3 is 9.80 Å². The molecule has 12 heteroatoms. The third-order valence-corrected chi connectivity index (χ3v) is 26.3. The maximum atomic E-state index is 15.9. The maximum Gasteiger partial charge on any atom is 0.418 e. The number of hydrogen-bond acceptors (Lipinski definition) is 2. The minimum absolute atomic E-state index is 0.00174. The molecule has 0 aliphatic heterocycles. The zero-order chi connectivity index (χ0) is 64.0. The van der Waals surface area contributed by atoms with Crippen molar-refractivity contribution in [3.05, 3.63) is 275 Å². The van der Waals surface area contributed by atoms with Gasteiger partial charge in [0.2, 0.25) is 0 Å². The third kappa shape index (κ3) is 12.0. The van der Waals surface area contributed by atoms with E-state index in [0.29, 0.717) is 17.1 Å². The van der Waals surface area contributed by atoms with Crippen LogP contribution in [-0.4, -0.2) is 38.3 Å². The molecule has 90 heavy (non-hydrogen) atoms. The lowest BCUT2D eigenvalue weighted by atomic mass is 9.67. The standard InChI is InChI=1S/C78H76F6N2Si4/c1-87(2,3)59-25-17-21-53(45-59)55-37-43-71(65(49-55)57-23-19-27-61(47-57)89(7,8)9)85(73-31-15-13-29-67(73)77(79,80)81)69-41-35-51-34-40-64-70(42-36-52-33-39-63(69)75(51)76(52)64)86(74-32-16-14-30-68(74)78(82,83)84)72-44-38-56(54-22-18-26-60(46-54)88(4,5)6)50-66(72)58-24-20-28-62(48-58)90(10,11)12/h13-50,69,76H,1-12H3. The van der Waals surface area contributed by atoms with Crippen molar-refractivity contribution >= 4 is 75.8 Å². The van der Waals surface area contributed by atoms with Crippen LogP contribution in [0.4, 0.5) is 49.1 Å². The molecule has 0 radical (unpaired) electrons. The van der Waals surface area contributed by atoms with Crippen LogP contribution in [0, 0.1) is 5.92 Å². The van der Waals surface area contributed by atoms with Crippen molar-refractivity contribution < 1.29 is 26.3 Å². The summed E-state index contributed by atoms with van der Waals surface area (Å²) >= 11 is 0. The van der Waals surface area contributed by atoms with Crippen LogP contribution in [-0.2, 0) is 12.4 Å². The van der Waals surface area contributed by atoms with E-state index in [1.54, 1.807) is 24.3 Å². The van der Waals surface area contributed by atoms with E-state index in [2.05, 4.69) is 188 Å². The van der Waals surface area contributed by atoms with E-state index in [0.717, 1.165) is 84.5 Å². The number of alkyl halides is 6. The predicted molar refractivity (Wildman–Crippen MR) is 379 cm³/mol. The highest BCUT2D eigenvalue weighted by atomic mass is 28.3. The molecule has 4 aliphatic rings. The Hall–Kier alpha value is -8.01. The summed E-state index contributed by atoms with van der Waals surface area (Å²) in [7, 11) is -7.33. The average molecular weight is 1270 g/mol. The summed E-state index contributed by atoms with van der Waals surface area (Å²) in [6, 6.07) is 57.6. The van der Waals surface area contributed by atoms with E-state index in [1.807, 2.05) is 82.7 Å². The minimum Gasteiger partial charge on any atom is -0.329 e. The summed E-state index contributed by atoms with van der Waals surface area (Å²) < 4.78 is 95.4. The van der Waals surface area contributed by atoms with Crippen molar-refractivity contribution in [1.29, 1.82) is 0 Å². The van der Waals surface area contributed by atoms with Crippen molar-refractivity contribution in [1.82, 2.24) is 0 Å². The molecule has 0 spiro atoms. The molecule has 0 bridgehead atoms. The van der Waals surface area contributed by atoms with Gasteiger partial charge in [-0.2, -0.15) is 26.3 Å². The first-order chi connectivity index (χ1) is 42.4.